The molecule has 2 amide bonds. The Morgan fingerprint density at radius 3 is 2.39 bits per heavy atom. The van der Waals surface area contributed by atoms with Gasteiger partial charge in [-0.05, 0) is 37.0 Å². The van der Waals surface area contributed by atoms with Crippen molar-refractivity contribution in [3.63, 3.8) is 0 Å². The van der Waals surface area contributed by atoms with Gasteiger partial charge in [0.05, 0.1) is 6.61 Å². The lowest BCUT2D eigenvalue weighted by Crippen LogP contribution is -2.48. The summed E-state index contributed by atoms with van der Waals surface area (Å²) in [6.45, 7) is 4.52. The van der Waals surface area contributed by atoms with E-state index >= 15 is 0 Å². The van der Waals surface area contributed by atoms with Crippen LogP contribution in [0.1, 0.15) is 25.3 Å². The van der Waals surface area contributed by atoms with E-state index in [-0.39, 0.29) is 12.6 Å². The molecule has 0 saturated carbocycles. The lowest BCUT2D eigenvalue weighted by atomic mass is 10.1. The largest absolute Gasteiger partial charge is 0.395 e. The fourth-order valence-corrected chi connectivity index (χ4v) is 2.70. The number of piperidine rings is 1. The summed E-state index contributed by atoms with van der Waals surface area (Å²) in [5.41, 5.74) is 1.81. The number of nitrogens with zero attached hydrogens (tertiary/aromatic N) is 1. The van der Waals surface area contributed by atoms with Crippen molar-refractivity contribution in [2.75, 3.05) is 31.6 Å². The van der Waals surface area contributed by atoms with Crippen LogP contribution in [0.15, 0.2) is 24.3 Å². The van der Waals surface area contributed by atoms with Crippen molar-refractivity contribution >= 4 is 17.5 Å². The molecule has 6 heteroatoms. The Labute approximate surface area is 136 Å². The molecule has 1 heterocycles. The van der Waals surface area contributed by atoms with Gasteiger partial charge in [0.15, 0.2) is 0 Å². The highest BCUT2D eigenvalue weighted by Gasteiger charge is 2.23. The number of anilines is 1. The molecule has 0 radical (unpaired) electrons. The topological polar surface area (TPSA) is 81.7 Å². The first-order valence-corrected chi connectivity index (χ1v) is 8.16. The molecular weight excluding hydrogens is 294 g/mol. The number of β-amino-alcohol motifs (C(OH)–C–C–N with tert-alkyl or cyclic N) is 1. The number of hydrogen-bond donors (Lipinski definition) is 3. The third kappa shape index (κ3) is 5.33. The highest BCUT2D eigenvalue weighted by Crippen LogP contribution is 2.11. The molecule has 1 aromatic carbocycles. The molecule has 6 nitrogen and oxygen atoms in total. The van der Waals surface area contributed by atoms with E-state index in [0.29, 0.717) is 12.2 Å². The first-order valence-electron chi connectivity index (χ1n) is 8.16. The van der Waals surface area contributed by atoms with Crippen molar-refractivity contribution in [3.05, 3.63) is 29.8 Å². The Balaban J connectivity index is 1.77. The number of nitrogens with one attached hydrogen (secondary N) is 2. The average Bonchev–Trinajstić information content (AvgIpc) is 2.57. The van der Waals surface area contributed by atoms with Crippen molar-refractivity contribution in [3.8, 4) is 0 Å². The Bertz CT molecular complexity index is 522. The maximum atomic E-state index is 12.0. The smallest absolute Gasteiger partial charge is 0.313 e. The van der Waals surface area contributed by atoms with E-state index in [1.165, 1.54) is 5.56 Å². The minimum absolute atomic E-state index is 0.0191. The third-order valence-electron chi connectivity index (χ3n) is 4.17. The first kappa shape index (κ1) is 17.4. The fourth-order valence-electron chi connectivity index (χ4n) is 2.70. The van der Waals surface area contributed by atoms with Crippen molar-refractivity contribution in [1.29, 1.82) is 0 Å². The van der Waals surface area contributed by atoms with Crippen molar-refractivity contribution in [2.45, 2.75) is 32.2 Å². The molecule has 1 aliphatic heterocycles. The second-order valence-electron chi connectivity index (χ2n) is 5.82. The van der Waals surface area contributed by atoms with Gasteiger partial charge in [-0.2, -0.15) is 0 Å². The van der Waals surface area contributed by atoms with Crippen LogP contribution in [0.25, 0.3) is 0 Å². The molecule has 2 rings (SSSR count). The number of amides is 2. The number of carbonyl (C=O) groups excluding carboxylic acids is 2. The highest BCUT2D eigenvalue weighted by molar-refractivity contribution is 6.39. The van der Waals surface area contributed by atoms with E-state index in [9.17, 15) is 9.59 Å². The van der Waals surface area contributed by atoms with Crippen LogP contribution in [-0.4, -0.2) is 54.1 Å². The first-order chi connectivity index (χ1) is 11.1. The van der Waals surface area contributed by atoms with Gasteiger partial charge in [-0.3, -0.25) is 9.59 Å². The van der Waals surface area contributed by atoms with Gasteiger partial charge in [0, 0.05) is 31.4 Å². The summed E-state index contributed by atoms with van der Waals surface area (Å²) in [4.78, 5) is 26.1. The van der Waals surface area contributed by atoms with Crippen LogP contribution in [0.4, 0.5) is 5.69 Å². The minimum atomic E-state index is -0.632. The number of aryl methyl sites for hydroxylation is 1. The lowest BCUT2D eigenvalue weighted by Gasteiger charge is -2.31. The molecular formula is C17H25N3O3. The summed E-state index contributed by atoms with van der Waals surface area (Å²) in [6.07, 6.45) is 2.53. The summed E-state index contributed by atoms with van der Waals surface area (Å²) in [6, 6.07) is 7.49. The normalized spacial score (nSPS) is 16.1. The van der Waals surface area contributed by atoms with Crippen LogP contribution >= 0.6 is 0 Å². The molecule has 3 N–H and O–H groups in total. The molecule has 0 atom stereocenters. The Hall–Kier alpha value is -1.92. The van der Waals surface area contributed by atoms with E-state index in [4.69, 9.17) is 5.11 Å². The van der Waals surface area contributed by atoms with E-state index in [1.54, 1.807) is 12.1 Å². The Morgan fingerprint density at radius 2 is 1.83 bits per heavy atom. The zero-order valence-electron chi connectivity index (χ0n) is 13.5. The lowest BCUT2D eigenvalue weighted by molar-refractivity contribution is -0.136. The van der Waals surface area contributed by atoms with Gasteiger partial charge < -0.3 is 20.6 Å². The molecule has 1 aromatic rings. The van der Waals surface area contributed by atoms with Crippen LogP contribution in [0, 0.1) is 0 Å². The minimum Gasteiger partial charge on any atom is -0.395 e. The number of rotatable bonds is 5. The molecule has 1 saturated heterocycles. The standard InChI is InChI=1S/C17H25N3O3/c1-2-13-3-5-14(6-4-13)18-16(22)17(23)19-15-7-9-20(10-8-15)11-12-21/h3-6,15,21H,2,7-12H2,1H3,(H,18,22)(H,19,23). The molecule has 0 spiro atoms. The maximum Gasteiger partial charge on any atom is 0.313 e. The Kier molecular flexibility index (Phi) is 6.55. The van der Waals surface area contributed by atoms with Crippen molar-refractivity contribution in [1.82, 2.24) is 10.2 Å². The van der Waals surface area contributed by atoms with Gasteiger partial charge in [0.1, 0.15) is 0 Å². The van der Waals surface area contributed by atoms with Crippen LogP contribution in [0.3, 0.4) is 0 Å². The number of carbonyl (C=O) groups is 2. The number of hydrogen-bond acceptors (Lipinski definition) is 4. The number of aliphatic hydroxyl groups excluding tert-OH is 1. The number of aliphatic hydroxyl groups is 1. The number of benzene rings is 1. The van der Waals surface area contributed by atoms with Gasteiger partial charge in [0.25, 0.3) is 0 Å². The highest BCUT2D eigenvalue weighted by atomic mass is 16.3. The van der Waals surface area contributed by atoms with Gasteiger partial charge in [-0.15, -0.1) is 0 Å². The van der Waals surface area contributed by atoms with E-state index in [1.807, 2.05) is 12.1 Å². The monoisotopic (exact) mass is 319 g/mol. The number of likely N-dealkylation sites (tertiary alicyclic amines) is 1. The van der Waals surface area contributed by atoms with Crippen LogP contribution in [0.5, 0.6) is 0 Å². The van der Waals surface area contributed by atoms with E-state index in [2.05, 4.69) is 22.5 Å². The van der Waals surface area contributed by atoms with E-state index < -0.39 is 11.8 Å². The van der Waals surface area contributed by atoms with Gasteiger partial charge >= 0.3 is 11.8 Å². The maximum absolute atomic E-state index is 12.0. The van der Waals surface area contributed by atoms with Gasteiger partial charge in [0.2, 0.25) is 0 Å². The van der Waals surface area contributed by atoms with Gasteiger partial charge in [-0.25, -0.2) is 0 Å². The van der Waals surface area contributed by atoms with Crippen molar-refractivity contribution < 1.29 is 14.7 Å². The molecule has 1 fully saturated rings. The summed E-state index contributed by atoms with van der Waals surface area (Å²) in [5.74, 6) is -1.22. The SMILES string of the molecule is CCc1ccc(NC(=O)C(=O)NC2CCN(CCO)CC2)cc1. The predicted molar refractivity (Wildman–Crippen MR) is 89.1 cm³/mol. The van der Waals surface area contributed by atoms with Crippen LogP contribution in [0.2, 0.25) is 0 Å². The summed E-state index contributed by atoms with van der Waals surface area (Å²) >= 11 is 0. The summed E-state index contributed by atoms with van der Waals surface area (Å²) in [7, 11) is 0. The van der Waals surface area contributed by atoms with Crippen LogP contribution in [-0.2, 0) is 16.0 Å². The fraction of sp³-hybridized carbons (Fsp3) is 0.529. The summed E-state index contributed by atoms with van der Waals surface area (Å²) in [5, 5.41) is 14.3. The molecule has 23 heavy (non-hydrogen) atoms. The molecule has 0 bridgehead atoms. The molecule has 0 aliphatic carbocycles. The zero-order valence-corrected chi connectivity index (χ0v) is 13.5. The third-order valence-corrected chi connectivity index (χ3v) is 4.17. The second-order valence-corrected chi connectivity index (χ2v) is 5.82. The Morgan fingerprint density at radius 1 is 1.17 bits per heavy atom. The predicted octanol–water partition coefficient (Wildman–Crippen LogP) is 0.760. The van der Waals surface area contributed by atoms with Crippen LogP contribution < -0.4 is 10.6 Å². The quantitative estimate of drug-likeness (QED) is 0.700. The van der Waals surface area contributed by atoms with E-state index in [0.717, 1.165) is 32.4 Å². The van der Waals surface area contributed by atoms with Gasteiger partial charge in [-0.1, -0.05) is 19.1 Å². The average molecular weight is 319 g/mol. The molecule has 0 aromatic heterocycles. The molecule has 1 aliphatic rings. The van der Waals surface area contributed by atoms with Crippen molar-refractivity contribution in [2.24, 2.45) is 0 Å². The zero-order chi connectivity index (χ0) is 16.7. The second kappa shape index (κ2) is 8.64. The molecule has 0 unspecified atom stereocenters. The summed E-state index contributed by atoms with van der Waals surface area (Å²) < 4.78 is 0. The molecule has 126 valence electrons.